The van der Waals surface area contributed by atoms with Crippen molar-refractivity contribution in [2.24, 2.45) is 14.1 Å². The molecule has 0 saturated heterocycles. The Kier molecular flexibility index (Phi) is 5.93. The molecule has 9 heteroatoms. The molecule has 0 aliphatic rings. The van der Waals surface area contributed by atoms with Crippen molar-refractivity contribution in [2.75, 3.05) is 12.8 Å². The lowest BCUT2D eigenvalue weighted by Gasteiger charge is -2.17. The van der Waals surface area contributed by atoms with Gasteiger partial charge >= 0.3 is 11.1 Å². The van der Waals surface area contributed by atoms with Gasteiger partial charge in [0.2, 0.25) is 5.91 Å². The van der Waals surface area contributed by atoms with Crippen molar-refractivity contribution >= 4 is 26.8 Å². The van der Waals surface area contributed by atoms with Crippen LogP contribution in [0.25, 0.3) is 11.0 Å². The zero-order valence-corrected chi connectivity index (χ0v) is 17.8. The summed E-state index contributed by atoms with van der Waals surface area (Å²) in [6, 6.07) is 13.7. The molecule has 0 N–H and O–H groups in total. The zero-order chi connectivity index (χ0) is 22.1. The first kappa shape index (κ1) is 21.5. The minimum absolute atomic E-state index is 0.00200. The highest BCUT2D eigenvalue weighted by Gasteiger charge is 2.20. The number of amides is 1. The molecule has 3 rings (SSSR count). The zero-order valence-electron chi connectivity index (χ0n) is 17.0. The topological polar surface area (TPSA) is 98.5 Å². The predicted molar refractivity (Wildman–Crippen MR) is 114 cm³/mol. The lowest BCUT2D eigenvalue weighted by molar-refractivity contribution is -0.130. The highest BCUT2D eigenvalue weighted by molar-refractivity contribution is 7.91. The third kappa shape index (κ3) is 4.20. The van der Waals surface area contributed by atoms with E-state index in [4.69, 9.17) is 0 Å². The van der Waals surface area contributed by atoms with Crippen LogP contribution < -0.4 is 11.1 Å². The number of fused-ring (bicyclic) bond motifs is 1. The van der Waals surface area contributed by atoms with Crippen LogP contribution in [-0.4, -0.2) is 41.2 Å². The molecule has 8 nitrogen and oxygen atoms in total. The van der Waals surface area contributed by atoms with Crippen LogP contribution in [0, 0.1) is 0 Å². The van der Waals surface area contributed by atoms with E-state index in [0.717, 1.165) is 10.1 Å². The Hall–Kier alpha value is -3.20. The van der Waals surface area contributed by atoms with E-state index < -0.39 is 21.0 Å². The first-order valence-electron chi connectivity index (χ1n) is 9.32. The number of carbonyl (C=O) groups is 1. The first-order chi connectivity index (χ1) is 14.1. The van der Waals surface area contributed by atoms with Crippen molar-refractivity contribution in [1.82, 2.24) is 14.0 Å². The molecular weight excluding hydrogens is 406 g/mol. The number of benzene rings is 2. The average Bonchev–Trinajstić information content (AvgIpc) is 2.74. The van der Waals surface area contributed by atoms with Gasteiger partial charge in [-0.05, 0) is 23.8 Å². The summed E-state index contributed by atoms with van der Waals surface area (Å²) < 4.78 is 27.9. The summed E-state index contributed by atoms with van der Waals surface area (Å²) in [6.07, 6.45) is -0.157. The molecule has 3 aromatic rings. The van der Waals surface area contributed by atoms with E-state index in [2.05, 4.69) is 0 Å². The molecule has 30 heavy (non-hydrogen) atoms. The van der Waals surface area contributed by atoms with Gasteiger partial charge in [-0.3, -0.25) is 14.4 Å². The Morgan fingerprint density at radius 1 is 0.933 bits per heavy atom. The number of carbonyl (C=O) groups excluding carboxylic acids is 1. The van der Waals surface area contributed by atoms with Gasteiger partial charge in [0.25, 0.3) is 0 Å². The van der Waals surface area contributed by atoms with Crippen LogP contribution in [-0.2, 0) is 35.3 Å². The van der Waals surface area contributed by atoms with Gasteiger partial charge in [0.05, 0.1) is 21.7 Å². The molecule has 1 aromatic heterocycles. The van der Waals surface area contributed by atoms with Gasteiger partial charge in [-0.15, -0.1) is 0 Å². The Morgan fingerprint density at radius 2 is 1.53 bits per heavy atom. The molecule has 0 bridgehead atoms. The number of rotatable bonds is 6. The molecule has 0 radical (unpaired) electrons. The van der Waals surface area contributed by atoms with Crippen LogP contribution in [0.4, 0.5) is 0 Å². The van der Waals surface area contributed by atoms with Crippen LogP contribution in [0.5, 0.6) is 0 Å². The van der Waals surface area contributed by atoms with Crippen molar-refractivity contribution in [3.63, 3.8) is 0 Å². The largest absolute Gasteiger partial charge is 0.341 e. The summed E-state index contributed by atoms with van der Waals surface area (Å²) >= 11 is 0. The lowest BCUT2D eigenvalue weighted by Crippen LogP contribution is -2.39. The minimum Gasteiger partial charge on any atom is -0.341 e. The number of hydrogen-bond acceptors (Lipinski definition) is 5. The minimum atomic E-state index is -3.76. The van der Waals surface area contributed by atoms with Crippen LogP contribution >= 0.6 is 0 Å². The Balaban J connectivity index is 1.80. The van der Waals surface area contributed by atoms with Crippen molar-refractivity contribution in [3.8, 4) is 0 Å². The molecule has 0 atom stereocenters. The van der Waals surface area contributed by atoms with Crippen LogP contribution in [0.2, 0.25) is 0 Å². The predicted octanol–water partition coefficient (Wildman–Crippen LogP) is 1.06. The van der Waals surface area contributed by atoms with Crippen LogP contribution in [0.15, 0.2) is 63.0 Å². The molecule has 1 heterocycles. The van der Waals surface area contributed by atoms with Gasteiger partial charge in [-0.2, -0.15) is 0 Å². The van der Waals surface area contributed by atoms with Gasteiger partial charge in [-0.25, -0.2) is 8.42 Å². The standard InChI is InChI=1S/C21H23N3O5S/c1-22(14-15-7-5-4-6-8-15)19(25)11-12-30(28,29)16-9-10-17-18(13-16)24(3)21(27)20(26)23(17)2/h4-10,13H,11-12,14H2,1-3H3. The quantitative estimate of drug-likeness (QED) is 0.546. The summed E-state index contributed by atoms with van der Waals surface area (Å²) in [6.45, 7) is 0.395. The highest BCUT2D eigenvalue weighted by atomic mass is 32.2. The summed E-state index contributed by atoms with van der Waals surface area (Å²) in [5.41, 5.74) is 0.303. The average molecular weight is 429 g/mol. The molecule has 1 amide bonds. The molecule has 0 aliphatic carbocycles. The van der Waals surface area contributed by atoms with Crippen molar-refractivity contribution in [1.29, 1.82) is 0 Å². The van der Waals surface area contributed by atoms with Crippen molar-refractivity contribution in [2.45, 2.75) is 17.9 Å². The summed E-state index contributed by atoms with van der Waals surface area (Å²) in [7, 11) is 0.758. The van der Waals surface area contributed by atoms with E-state index in [-0.39, 0.29) is 23.0 Å². The molecule has 158 valence electrons. The molecule has 0 fully saturated rings. The second-order valence-electron chi connectivity index (χ2n) is 7.18. The van der Waals surface area contributed by atoms with Gasteiger partial charge in [-0.1, -0.05) is 30.3 Å². The smallest absolute Gasteiger partial charge is 0.316 e. The van der Waals surface area contributed by atoms with Gasteiger partial charge in [0, 0.05) is 34.1 Å². The van der Waals surface area contributed by atoms with Gasteiger partial charge < -0.3 is 14.0 Å². The molecule has 0 saturated carbocycles. The third-order valence-electron chi connectivity index (χ3n) is 5.09. The monoisotopic (exact) mass is 429 g/mol. The Labute approximate surface area is 173 Å². The van der Waals surface area contributed by atoms with Crippen molar-refractivity contribution < 1.29 is 13.2 Å². The number of sulfone groups is 1. The Bertz CT molecular complexity index is 1320. The van der Waals surface area contributed by atoms with Crippen LogP contribution in [0.3, 0.4) is 0 Å². The third-order valence-corrected chi connectivity index (χ3v) is 6.81. The van der Waals surface area contributed by atoms with E-state index in [0.29, 0.717) is 17.6 Å². The summed E-state index contributed by atoms with van der Waals surface area (Å²) in [5.74, 6) is -0.631. The second-order valence-corrected chi connectivity index (χ2v) is 9.29. The maximum absolute atomic E-state index is 12.8. The maximum Gasteiger partial charge on any atom is 0.316 e. The van der Waals surface area contributed by atoms with Crippen LogP contribution in [0.1, 0.15) is 12.0 Å². The van der Waals surface area contributed by atoms with E-state index in [1.807, 2.05) is 30.3 Å². The molecule has 2 aromatic carbocycles. The van der Waals surface area contributed by atoms with Crippen molar-refractivity contribution in [3.05, 3.63) is 74.8 Å². The fourth-order valence-corrected chi connectivity index (χ4v) is 4.48. The molecule has 0 aliphatic heterocycles. The van der Waals surface area contributed by atoms with E-state index in [9.17, 15) is 22.8 Å². The van der Waals surface area contributed by atoms with E-state index >= 15 is 0 Å². The number of nitrogens with zero attached hydrogens (tertiary/aromatic N) is 3. The highest BCUT2D eigenvalue weighted by Crippen LogP contribution is 2.19. The lowest BCUT2D eigenvalue weighted by atomic mass is 10.2. The summed E-state index contributed by atoms with van der Waals surface area (Å²) in [5, 5.41) is 0. The maximum atomic E-state index is 12.8. The van der Waals surface area contributed by atoms with E-state index in [1.54, 1.807) is 7.05 Å². The van der Waals surface area contributed by atoms with E-state index in [1.165, 1.54) is 41.8 Å². The fraction of sp³-hybridized carbons (Fsp3) is 0.286. The molecule has 0 spiro atoms. The SMILES string of the molecule is CN(Cc1ccccc1)C(=O)CCS(=O)(=O)c1ccc2c(c1)n(C)c(=O)c(=O)n2C. The van der Waals surface area contributed by atoms with Gasteiger partial charge in [0.1, 0.15) is 0 Å². The number of hydrogen-bond donors (Lipinski definition) is 0. The molecule has 0 unspecified atom stereocenters. The Morgan fingerprint density at radius 3 is 2.17 bits per heavy atom. The second kappa shape index (κ2) is 8.27. The fourth-order valence-electron chi connectivity index (χ4n) is 3.23. The van der Waals surface area contributed by atoms with Gasteiger partial charge in [0.15, 0.2) is 9.84 Å². The normalized spacial score (nSPS) is 11.6. The first-order valence-corrected chi connectivity index (χ1v) is 11.0. The number of aryl methyl sites for hydroxylation is 2. The molecular formula is C21H23N3O5S. The number of aromatic nitrogens is 2. The summed E-state index contributed by atoms with van der Waals surface area (Å²) in [4.78, 5) is 37.9.